The van der Waals surface area contributed by atoms with E-state index in [1.807, 2.05) is 23.5 Å². The van der Waals surface area contributed by atoms with E-state index in [2.05, 4.69) is 41.8 Å². The van der Waals surface area contributed by atoms with Crippen LogP contribution in [0, 0.1) is 10.2 Å². The molecule has 25 heavy (non-hydrogen) atoms. The Morgan fingerprint density at radius 2 is 1.84 bits per heavy atom. The Balaban J connectivity index is 0.000000399. The highest BCUT2D eigenvalue weighted by atomic mass is 35.7. The molecular weight excluding hydrogens is 384 g/mol. The molecule has 140 valence electrons. The van der Waals surface area contributed by atoms with Crippen molar-refractivity contribution in [1.82, 2.24) is 4.90 Å². The number of thioether (sulfide) groups is 2. The molecule has 0 saturated carbocycles. The van der Waals surface area contributed by atoms with Gasteiger partial charge in [-0.3, -0.25) is 0 Å². The van der Waals surface area contributed by atoms with E-state index in [4.69, 9.17) is 18.6 Å². The summed E-state index contributed by atoms with van der Waals surface area (Å²) in [7, 11) is -0.544. The van der Waals surface area contributed by atoms with E-state index in [0.717, 1.165) is 0 Å². The molecule has 9 heteroatoms. The van der Waals surface area contributed by atoms with Gasteiger partial charge >= 0.3 is 0 Å². The van der Waals surface area contributed by atoms with E-state index in [1.54, 1.807) is 0 Å². The minimum absolute atomic E-state index is 1.19. The van der Waals surface area contributed by atoms with E-state index in [0.29, 0.717) is 0 Å². The Hall–Kier alpha value is -0.480. The second-order valence-electron chi connectivity index (χ2n) is 6.03. The lowest BCUT2D eigenvalue weighted by molar-refractivity contribution is -2.00. The lowest BCUT2D eigenvalue weighted by atomic mass is 9.95. The predicted molar refractivity (Wildman–Crippen MR) is 91.7 cm³/mol. The van der Waals surface area contributed by atoms with Crippen molar-refractivity contribution in [2.45, 2.75) is 19.3 Å². The van der Waals surface area contributed by atoms with Crippen molar-refractivity contribution < 1.29 is 33.5 Å². The lowest BCUT2D eigenvalue weighted by Crippen LogP contribution is -2.68. The fourth-order valence-electron chi connectivity index (χ4n) is 2.74. The van der Waals surface area contributed by atoms with Crippen LogP contribution in [0.15, 0.2) is 34.4 Å². The molecule has 0 unspecified atom stereocenters. The smallest absolute Gasteiger partial charge is 0.235 e. The molecule has 0 atom stereocenters. The Kier molecular flexibility index (Phi) is 7.88. The highest BCUT2D eigenvalue weighted by Crippen LogP contribution is 2.31. The molecule has 0 N–H and O–H groups in total. The van der Waals surface area contributed by atoms with Gasteiger partial charge in [-0.15, -0.1) is 22.0 Å². The summed E-state index contributed by atoms with van der Waals surface area (Å²) < 4.78 is 36.3. The topological polar surface area (TPSA) is 98.5 Å². The van der Waals surface area contributed by atoms with Gasteiger partial charge in [-0.25, -0.2) is 23.2 Å². The maximum absolute atomic E-state index is 8.49. The highest BCUT2D eigenvalue weighted by molar-refractivity contribution is 8.14. The third-order valence-electron chi connectivity index (χ3n) is 4.03. The van der Waals surface area contributed by atoms with Crippen molar-refractivity contribution >= 4 is 28.6 Å². The van der Waals surface area contributed by atoms with Crippen LogP contribution < -0.4 is 18.6 Å². The molecule has 0 radical (unpaired) electrons. The van der Waals surface area contributed by atoms with Gasteiger partial charge in [-0.1, -0.05) is 17.8 Å². The van der Waals surface area contributed by atoms with E-state index in [-0.39, 0.29) is 0 Å². The van der Waals surface area contributed by atoms with Crippen LogP contribution in [0.25, 0.3) is 0 Å². The number of allylic oxidation sites excluding steroid dienone is 4. The molecule has 3 rings (SSSR count). The molecule has 1 fully saturated rings. The van der Waals surface area contributed by atoms with Gasteiger partial charge in [0.05, 0.1) is 10.8 Å². The molecule has 2 heterocycles. The Bertz CT molecular complexity index is 606. The van der Waals surface area contributed by atoms with Crippen LogP contribution in [0.4, 0.5) is 0 Å². The monoisotopic (exact) mass is 406 g/mol. The van der Waals surface area contributed by atoms with Gasteiger partial charge in [0.1, 0.15) is 7.05 Å². The minimum atomic E-state index is -4.94. The Labute approximate surface area is 159 Å². The van der Waals surface area contributed by atoms with Gasteiger partial charge in [0, 0.05) is 25.4 Å². The molecule has 0 bridgehead atoms. The van der Waals surface area contributed by atoms with Crippen molar-refractivity contribution in [2.24, 2.45) is 0 Å². The molecule has 3 aliphatic rings. The number of halogens is 1. The summed E-state index contributed by atoms with van der Waals surface area (Å²) >= 11 is 3.98. The lowest BCUT2D eigenvalue weighted by Gasteiger charge is -2.17. The third kappa shape index (κ3) is 7.74. The fraction of sp³-hybridized carbons (Fsp3) is 0.562. The van der Waals surface area contributed by atoms with E-state index < -0.39 is 10.2 Å². The van der Waals surface area contributed by atoms with Gasteiger partial charge in [0.15, 0.2) is 6.54 Å². The van der Waals surface area contributed by atoms with E-state index >= 15 is 0 Å². The highest BCUT2D eigenvalue weighted by Gasteiger charge is 2.19. The zero-order valence-electron chi connectivity index (χ0n) is 14.4. The van der Waals surface area contributed by atoms with Gasteiger partial charge in [-0.2, -0.15) is 0 Å². The zero-order valence-corrected chi connectivity index (χ0v) is 16.8. The minimum Gasteiger partial charge on any atom is -0.369 e. The first-order valence-corrected chi connectivity index (χ1v) is 11.2. The molecule has 1 saturated heterocycles. The van der Waals surface area contributed by atoms with Crippen molar-refractivity contribution in [1.29, 1.82) is 0 Å². The van der Waals surface area contributed by atoms with Gasteiger partial charge in [0.25, 0.3) is 0 Å². The van der Waals surface area contributed by atoms with Crippen molar-refractivity contribution in [2.75, 3.05) is 38.7 Å². The van der Waals surface area contributed by atoms with Crippen molar-refractivity contribution in [3.63, 3.8) is 0 Å². The molecule has 0 amide bonds. The average Bonchev–Trinajstić information content (AvgIpc) is 3.08. The number of rotatable bonds is 2. The van der Waals surface area contributed by atoms with Gasteiger partial charge in [-0.05, 0) is 36.5 Å². The normalized spacial score (nSPS) is 24.7. The summed E-state index contributed by atoms with van der Waals surface area (Å²) in [4.78, 5) is 2.37. The van der Waals surface area contributed by atoms with Crippen molar-refractivity contribution in [3.8, 4) is 0 Å². The molecule has 6 nitrogen and oxygen atoms in total. The van der Waals surface area contributed by atoms with Crippen LogP contribution in [0.2, 0.25) is 0 Å². The first kappa shape index (κ1) is 20.8. The van der Waals surface area contributed by atoms with Gasteiger partial charge in [0.2, 0.25) is 5.04 Å². The summed E-state index contributed by atoms with van der Waals surface area (Å²) in [5, 5.41) is 2.88. The Morgan fingerprint density at radius 1 is 1.12 bits per heavy atom. The predicted octanol–water partition coefficient (Wildman–Crippen LogP) is -1.43. The maximum Gasteiger partial charge on any atom is 0.235 e. The van der Waals surface area contributed by atoms with Crippen LogP contribution in [0.3, 0.4) is 0 Å². The SMILES string of the molecule is CN1CCS/C1=C\C1=CC(=C/C2=[N+](C)CCS2)/CCC1.[O-][Cl+3]([O-])([O-])[O-]. The van der Waals surface area contributed by atoms with E-state index in [1.165, 1.54) is 65.1 Å². The second kappa shape index (κ2) is 9.45. The zero-order chi connectivity index (χ0) is 18.4. The van der Waals surface area contributed by atoms with Crippen LogP contribution >= 0.6 is 23.5 Å². The van der Waals surface area contributed by atoms with Crippen LogP contribution in [-0.4, -0.2) is 53.2 Å². The quantitative estimate of drug-likeness (QED) is 0.518. The number of hydrogen-bond donors (Lipinski definition) is 0. The van der Waals surface area contributed by atoms with Crippen LogP contribution in [0.1, 0.15) is 19.3 Å². The van der Waals surface area contributed by atoms with Crippen LogP contribution in [0.5, 0.6) is 0 Å². The van der Waals surface area contributed by atoms with Gasteiger partial charge < -0.3 is 4.90 Å². The summed E-state index contributed by atoms with van der Waals surface area (Å²) in [5.41, 5.74) is 3.01. The van der Waals surface area contributed by atoms with E-state index in [9.17, 15) is 0 Å². The number of hydrogen-bond acceptors (Lipinski definition) is 7. The molecule has 0 aromatic heterocycles. The second-order valence-corrected chi connectivity index (χ2v) is 9.02. The molecule has 0 spiro atoms. The summed E-state index contributed by atoms with van der Waals surface area (Å²) in [6.45, 7) is 2.37. The van der Waals surface area contributed by atoms with Crippen LogP contribution in [-0.2, 0) is 0 Å². The summed E-state index contributed by atoms with van der Waals surface area (Å²) in [6, 6.07) is 0. The molecule has 1 aliphatic carbocycles. The summed E-state index contributed by atoms with van der Waals surface area (Å²) in [5.74, 6) is 2.47. The molecular formula is C16H23ClN2O4S2. The standard InChI is InChI=1S/C16H23N2S2.ClHO4/c1-17-6-8-19-15(17)11-13-4-3-5-14(10-13)12-16-18(2)7-9-20-16;2-1(3,4)5/h10-12H,3-9H2,1-2H3;(H,2,3,4,5)/q+1;/p-1. The first-order chi connectivity index (χ1) is 11.7. The largest absolute Gasteiger partial charge is 0.369 e. The van der Waals surface area contributed by atoms with Crippen molar-refractivity contribution in [3.05, 3.63) is 34.4 Å². The summed E-state index contributed by atoms with van der Waals surface area (Å²) in [6.07, 6.45) is 11.0. The number of nitrogens with zero attached hydrogens (tertiary/aromatic N) is 2. The first-order valence-electron chi connectivity index (χ1n) is 8.02. The Morgan fingerprint density at radius 3 is 2.40 bits per heavy atom. The fourth-order valence-corrected chi connectivity index (χ4v) is 4.98. The molecule has 2 aliphatic heterocycles. The third-order valence-corrected chi connectivity index (χ3v) is 6.25. The molecule has 0 aromatic rings. The maximum atomic E-state index is 8.49. The molecule has 0 aromatic carbocycles. The average molecular weight is 407 g/mol.